The van der Waals surface area contributed by atoms with Crippen LogP contribution >= 0.6 is 12.6 Å². The molecule has 0 bridgehead atoms. The zero-order valence-electron chi connectivity index (χ0n) is 35.5. The van der Waals surface area contributed by atoms with Crippen molar-refractivity contribution >= 4 is 77.7 Å². The monoisotopic (exact) mass is 916 g/mol. The molecule has 1 aliphatic heterocycles. The van der Waals surface area contributed by atoms with Gasteiger partial charge in [-0.05, 0) is 57.4 Å². The average molecular weight is 917 g/mol. The first kappa shape index (κ1) is 55.2. The van der Waals surface area contributed by atoms with E-state index in [-0.39, 0.29) is 57.0 Å². The summed E-state index contributed by atoms with van der Waals surface area (Å²) in [6, 6.07) is -7.48. The number of carbonyl (C=O) groups excluding carboxylic acids is 9. The topological polar surface area (TPSA) is 427 Å². The smallest absolute Gasteiger partial charge is 0.327 e. The molecule has 6 atom stereocenters. The second-order valence-corrected chi connectivity index (χ2v) is 15.1. The molecule has 26 nitrogen and oxygen atoms in total. The number of nitrogens with one attached hydrogen (secondary N) is 8. The van der Waals surface area contributed by atoms with E-state index < -0.39 is 128 Å². The lowest BCUT2D eigenvalue weighted by Gasteiger charge is -2.32. The van der Waals surface area contributed by atoms with Gasteiger partial charge in [-0.3, -0.25) is 48.1 Å². The van der Waals surface area contributed by atoms with Gasteiger partial charge < -0.3 is 80.6 Å². The van der Waals surface area contributed by atoms with Gasteiger partial charge >= 0.3 is 5.97 Å². The van der Waals surface area contributed by atoms with E-state index in [0.717, 1.165) is 0 Å². The van der Waals surface area contributed by atoms with E-state index >= 15 is 0 Å². The lowest BCUT2D eigenvalue weighted by atomic mass is 10.0. The Morgan fingerprint density at radius 2 is 1.25 bits per heavy atom. The van der Waals surface area contributed by atoms with Crippen molar-refractivity contribution in [3.63, 3.8) is 0 Å². The Morgan fingerprint density at radius 1 is 0.714 bits per heavy atom. The molecule has 1 saturated heterocycles. The number of amides is 9. The highest BCUT2D eigenvalue weighted by Crippen LogP contribution is 2.21. The third-order valence-electron chi connectivity index (χ3n) is 9.37. The van der Waals surface area contributed by atoms with Gasteiger partial charge in [-0.15, -0.1) is 0 Å². The van der Waals surface area contributed by atoms with Gasteiger partial charge in [0.05, 0.1) is 32.8 Å². The summed E-state index contributed by atoms with van der Waals surface area (Å²) >= 11 is 3.82. The van der Waals surface area contributed by atoms with Crippen LogP contribution in [0.5, 0.6) is 0 Å². The molecular weight excluding hydrogens is 853 g/mol. The molecule has 1 aliphatic rings. The largest absolute Gasteiger partial charge is 0.480 e. The van der Waals surface area contributed by atoms with Crippen LogP contribution < -0.4 is 65.5 Å². The van der Waals surface area contributed by atoms with Crippen molar-refractivity contribution in [1.29, 1.82) is 0 Å². The predicted molar refractivity (Wildman–Crippen MR) is 229 cm³/mol. The number of aliphatic hydroxyl groups is 1. The van der Waals surface area contributed by atoms with Gasteiger partial charge in [-0.25, -0.2) is 4.79 Å². The number of hydrogen-bond acceptors (Lipinski definition) is 15. The highest BCUT2D eigenvalue weighted by atomic mass is 32.1. The van der Waals surface area contributed by atoms with E-state index in [4.69, 9.17) is 28.0 Å². The maximum absolute atomic E-state index is 14.1. The first-order valence-electron chi connectivity index (χ1n) is 20.3. The van der Waals surface area contributed by atoms with Gasteiger partial charge in [-0.1, -0.05) is 13.8 Å². The molecule has 18 N–H and O–H groups in total. The van der Waals surface area contributed by atoms with Gasteiger partial charge in [0.15, 0.2) is 5.96 Å². The minimum Gasteiger partial charge on any atom is -0.480 e. The molecule has 63 heavy (non-hydrogen) atoms. The molecule has 1 fully saturated rings. The van der Waals surface area contributed by atoms with Gasteiger partial charge in [0, 0.05) is 18.8 Å². The van der Waals surface area contributed by atoms with Crippen molar-refractivity contribution in [2.45, 2.75) is 95.0 Å². The maximum atomic E-state index is 14.1. The summed E-state index contributed by atoms with van der Waals surface area (Å²) in [5.74, 6) is -9.13. The van der Waals surface area contributed by atoms with Crippen molar-refractivity contribution in [3.8, 4) is 0 Å². The predicted octanol–water partition coefficient (Wildman–Crippen LogP) is -7.45. The van der Waals surface area contributed by atoms with Crippen molar-refractivity contribution in [2.75, 3.05) is 58.2 Å². The van der Waals surface area contributed by atoms with E-state index in [9.17, 15) is 53.1 Å². The fourth-order valence-electron chi connectivity index (χ4n) is 6.00. The number of thiol groups is 1. The zero-order valence-corrected chi connectivity index (χ0v) is 36.4. The van der Waals surface area contributed by atoms with Crippen LogP contribution in [0.2, 0.25) is 0 Å². The number of rotatable bonds is 29. The highest BCUT2D eigenvalue weighted by molar-refractivity contribution is 7.80. The number of aliphatic carboxylic acids is 1. The number of nitrogens with two attached hydrogens (primary N) is 4. The average Bonchev–Trinajstić information content (AvgIpc) is 3.74. The molecule has 27 heteroatoms. The Balaban J connectivity index is 3.07. The van der Waals surface area contributed by atoms with Crippen molar-refractivity contribution in [2.24, 2.45) is 33.8 Å². The van der Waals surface area contributed by atoms with Crippen molar-refractivity contribution in [3.05, 3.63) is 0 Å². The molecule has 0 spiro atoms. The molecule has 0 unspecified atom stereocenters. The van der Waals surface area contributed by atoms with Crippen LogP contribution in [0.3, 0.4) is 0 Å². The highest BCUT2D eigenvalue weighted by Gasteiger charge is 2.40. The SMILES string of the molecule is CC(C)[C@H](NC(=O)[C@H](CCCCN)NC(=O)CNC(=O)CN)C(=O)N1CCC[C@H]1C(=O)N[C@@H](CCCN=C(N)N)C(=O)NCC(=O)N[C@@H](CO)C(=O)NCC(=O)N[C@@H](CS)C(=O)O. The van der Waals surface area contributed by atoms with E-state index in [2.05, 4.69) is 60.2 Å². The number of nitrogens with zero attached hydrogens (tertiary/aromatic N) is 2. The van der Waals surface area contributed by atoms with E-state index in [0.29, 0.717) is 25.8 Å². The summed E-state index contributed by atoms with van der Waals surface area (Å²) in [7, 11) is 0. The molecule has 0 aliphatic carbocycles. The molecule has 0 aromatic heterocycles. The number of hydrogen-bond donors (Lipinski definition) is 15. The maximum Gasteiger partial charge on any atom is 0.327 e. The summed E-state index contributed by atoms with van der Waals surface area (Å²) in [4.78, 5) is 132. The molecule has 356 valence electrons. The lowest BCUT2D eigenvalue weighted by Crippen LogP contribution is -2.59. The van der Waals surface area contributed by atoms with Crippen LogP contribution in [0.1, 0.15) is 58.8 Å². The van der Waals surface area contributed by atoms with E-state index in [1.54, 1.807) is 13.8 Å². The van der Waals surface area contributed by atoms with Crippen LogP contribution in [0, 0.1) is 5.92 Å². The number of carbonyl (C=O) groups is 10. The molecule has 0 aromatic rings. The first-order valence-corrected chi connectivity index (χ1v) is 20.9. The molecule has 9 amide bonds. The Bertz CT molecular complexity index is 1630. The molecule has 0 saturated carbocycles. The number of aliphatic hydroxyl groups excluding tert-OH is 1. The van der Waals surface area contributed by atoms with Crippen LogP contribution in [0.25, 0.3) is 0 Å². The molecule has 1 heterocycles. The third kappa shape index (κ3) is 20.7. The molecule has 0 aromatic carbocycles. The van der Waals surface area contributed by atoms with Gasteiger partial charge in [-0.2, -0.15) is 12.6 Å². The summed E-state index contributed by atoms with van der Waals surface area (Å²) in [6.45, 7) is 0.805. The minimum atomic E-state index is -1.57. The molecular formula is C36H64N14O12S. The van der Waals surface area contributed by atoms with Crippen molar-refractivity contribution in [1.82, 2.24) is 47.4 Å². The number of likely N-dealkylation sites (tertiary alicyclic amines) is 1. The van der Waals surface area contributed by atoms with Crippen LogP contribution in [-0.2, 0) is 47.9 Å². The fourth-order valence-corrected chi connectivity index (χ4v) is 6.25. The van der Waals surface area contributed by atoms with Gasteiger partial charge in [0.2, 0.25) is 53.2 Å². The number of carboxylic acid groups (broad SMARTS) is 1. The van der Waals surface area contributed by atoms with Crippen LogP contribution in [0.4, 0.5) is 0 Å². The summed E-state index contributed by atoms with van der Waals surface area (Å²) in [6.07, 6.45) is 1.93. The van der Waals surface area contributed by atoms with Crippen LogP contribution in [0.15, 0.2) is 4.99 Å². The Morgan fingerprint density at radius 3 is 1.78 bits per heavy atom. The zero-order chi connectivity index (χ0) is 47.6. The number of unbranched alkanes of at least 4 members (excludes halogenated alkanes) is 1. The first-order chi connectivity index (χ1) is 29.8. The second-order valence-electron chi connectivity index (χ2n) is 14.7. The summed E-state index contributed by atoms with van der Waals surface area (Å²) in [5, 5.41) is 37.8. The van der Waals surface area contributed by atoms with Crippen molar-refractivity contribution < 1.29 is 58.2 Å². The minimum absolute atomic E-state index is 0.0336. The number of carboxylic acids is 1. The quantitative estimate of drug-likeness (QED) is 0.0143. The Hall–Kier alpha value is -5.80. The second kappa shape index (κ2) is 29.5. The number of guanidine groups is 1. The summed E-state index contributed by atoms with van der Waals surface area (Å²) in [5.41, 5.74) is 21.7. The summed E-state index contributed by atoms with van der Waals surface area (Å²) < 4.78 is 0. The van der Waals surface area contributed by atoms with E-state index in [1.165, 1.54) is 4.90 Å². The standard InChI is InChI=1S/C36H64N14O12S/c1-19(2)29(49-32(58)21(7-3-4-10-37)45-26(53)14-42-25(52)13-38)34(60)50-12-6-9-24(50)33(59)48-20(8-5-11-41-36(39)40)30(56)43-15-27(54)46-22(17-51)31(57)44-16-28(55)47-23(18-63)35(61)62/h19-24,29,51,63H,3-18,37-38H2,1-2H3,(H,42,52)(H,43,56)(H,44,57)(H,45,53)(H,46,54)(H,47,55)(H,48,59)(H,49,58)(H,61,62)(H4,39,40,41)/t20-,21-,22-,23-,24-,29-/m0/s1. The Labute approximate surface area is 369 Å². The molecule has 0 radical (unpaired) electrons. The normalized spacial score (nSPS) is 15.6. The lowest BCUT2D eigenvalue weighted by molar-refractivity contribution is -0.143. The van der Waals surface area contributed by atoms with Gasteiger partial charge in [0.25, 0.3) is 0 Å². The Kier molecular flexibility index (Phi) is 25.8. The van der Waals surface area contributed by atoms with Gasteiger partial charge in [0.1, 0.15) is 36.3 Å². The van der Waals surface area contributed by atoms with Crippen LogP contribution in [-0.4, -0.2) is 175 Å². The molecule has 1 rings (SSSR count). The van der Waals surface area contributed by atoms with E-state index in [1.807, 2.05) is 0 Å². The fraction of sp³-hybridized carbons (Fsp3) is 0.694. The third-order valence-corrected chi connectivity index (χ3v) is 9.74. The number of aliphatic imine (C=N–C) groups is 1.